The fourth-order valence-corrected chi connectivity index (χ4v) is 2.84. The number of aromatic amines is 1. The van der Waals surface area contributed by atoms with E-state index in [1.54, 1.807) is 14.2 Å². The minimum absolute atomic E-state index is 0.621. The van der Waals surface area contributed by atoms with Crippen LogP contribution in [0.5, 0.6) is 11.5 Å². The van der Waals surface area contributed by atoms with Gasteiger partial charge in [-0.2, -0.15) is 0 Å². The first-order chi connectivity index (χ1) is 10.2. The van der Waals surface area contributed by atoms with E-state index in [1.807, 2.05) is 36.4 Å². The third kappa shape index (κ3) is 2.75. The van der Waals surface area contributed by atoms with E-state index in [0.29, 0.717) is 11.4 Å². The van der Waals surface area contributed by atoms with Crippen molar-refractivity contribution in [2.75, 3.05) is 20.0 Å². The molecule has 0 aliphatic carbocycles. The fourth-order valence-electron chi connectivity index (χ4n) is 2.01. The predicted octanol–water partition coefficient (Wildman–Crippen LogP) is 3.31. The molecule has 0 spiro atoms. The van der Waals surface area contributed by atoms with Gasteiger partial charge in [-0.3, -0.25) is 0 Å². The first-order valence-corrected chi connectivity index (χ1v) is 7.16. The van der Waals surface area contributed by atoms with E-state index in [2.05, 4.69) is 9.97 Å². The molecule has 6 heteroatoms. The zero-order valence-electron chi connectivity index (χ0n) is 11.7. The predicted molar refractivity (Wildman–Crippen MR) is 84.2 cm³/mol. The third-order valence-electron chi connectivity index (χ3n) is 3.09. The molecule has 1 aromatic heterocycles. The number of nitrogens with two attached hydrogens (primary N) is 1. The molecule has 0 fully saturated rings. The van der Waals surface area contributed by atoms with Crippen molar-refractivity contribution in [3.8, 4) is 11.5 Å². The number of imidazole rings is 1. The van der Waals surface area contributed by atoms with Crippen LogP contribution in [0.25, 0.3) is 11.0 Å². The number of nitrogens with one attached hydrogen (secondary N) is 1. The Morgan fingerprint density at radius 3 is 2.71 bits per heavy atom. The molecule has 0 aliphatic heterocycles. The highest BCUT2D eigenvalue weighted by molar-refractivity contribution is 7.99. The Morgan fingerprint density at radius 2 is 1.95 bits per heavy atom. The minimum Gasteiger partial charge on any atom is -0.497 e. The molecule has 0 atom stereocenters. The summed E-state index contributed by atoms with van der Waals surface area (Å²) in [7, 11) is 3.25. The van der Waals surface area contributed by atoms with Gasteiger partial charge in [0.05, 0.1) is 30.9 Å². The average molecular weight is 301 g/mol. The van der Waals surface area contributed by atoms with E-state index in [4.69, 9.17) is 15.2 Å². The van der Waals surface area contributed by atoms with Crippen molar-refractivity contribution in [3.05, 3.63) is 36.4 Å². The fraction of sp³-hybridized carbons (Fsp3) is 0.133. The van der Waals surface area contributed by atoms with Crippen LogP contribution in [0.1, 0.15) is 0 Å². The maximum absolute atomic E-state index is 5.81. The largest absolute Gasteiger partial charge is 0.497 e. The van der Waals surface area contributed by atoms with E-state index >= 15 is 0 Å². The number of methoxy groups -OCH3 is 2. The van der Waals surface area contributed by atoms with Crippen LogP contribution >= 0.6 is 11.8 Å². The SMILES string of the molecule is COc1ccc2nc(Sc3ccc(N)c(OC)c3)[nH]c2c1. The Kier molecular flexibility index (Phi) is 3.62. The maximum atomic E-state index is 5.81. The third-order valence-corrected chi connectivity index (χ3v) is 3.96. The molecule has 0 saturated carbocycles. The summed E-state index contributed by atoms with van der Waals surface area (Å²) in [5.74, 6) is 1.47. The molecule has 2 aromatic carbocycles. The number of aromatic nitrogens is 2. The first kappa shape index (κ1) is 13.6. The Bertz CT molecular complexity index is 786. The normalized spacial score (nSPS) is 10.8. The second-order valence-corrected chi connectivity index (χ2v) is 5.49. The molecule has 108 valence electrons. The molecule has 3 rings (SSSR count). The van der Waals surface area contributed by atoms with Gasteiger partial charge in [0.1, 0.15) is 11.5 Å². The van der Waals surface area contributed by atoms with Gasteiger partial charge >= 0.3 is 0 Å². The lowest BCUT2D eigenvalue weighted by Crippen LogP contribution is -1.91. The van der Waals surface area contributed by atoms with Crippen LogP contribution in [-0.4, -0.2) is 24.2 Å². The van der Waals surface area contributed by atoms with Crippen LogP contribution < -0.4 is 15.2 Å². The van der Waals surface area contributed by atoms with Crippen LogP contribution in [0.3, 0.4) is 0 Å². The molecule has 0 amide bonds. The van der Waals surface area contributed by atoms with Gasteiger partial charge in [-0.25, -0.2) is 4.98 Å². The number of rotatable bonds is 4. The van der Waals surface area contributed by atoms with Gasteiger partial charge in [0.25, 0.3) is 0 Å². The number of nitrogens with zero attached hydrogens (tertiary/aromatic N) is 1. The molecule has 21 heavy (non-hydrogen) atoms. The van der Waals surface area contributed by atoms with Crippen LogP contribution in [-0.2, 0) is 0 Å². The van der Waals surface area contributed by atoms with Crippen molar-refractivity contribution in [1.29, 1.82) is 0 Å². The molecule has 0 saturated heterocycles. The van der Waals surface area contributed by atoms with Gasteiger partial charge in [0.2, 0.25) is 0 Å². The monoisotopic (exact) mass is 301 g/mol. The molecule has 0 radical (unpaired) electrons. The Balaban J connectivity index is 1.90. The summed E-state index contributed by atoms with van der Waals surface area (Å²) in [6, 6.07) is 11.4. The number of benzene rings is 2. The van der Waals surface area contributed by atoms with Crippen LogP contribution in [0, 0.1) is 0 Å². The van der Waals surface area contributed by atoms with Gasteiger partial charge in [-0.05, 0) is 30.3 Å². The molecule has 0 bridgehead atoms. The summed E-state index contributed by atoms with van der Waals surface area (Å²) in [6.07, 6.45) is 0. The summed E-state index contributed by atoms with van der Waals surface area (Å²) in [4.78, 5) is 8.82. The second kappa shape index (κ2) is 5.57. The summed E-state index contributed by atoms with van der Waals surface area (Å²) in [5, 5.41) is 0.810. The highest BCUT2D eigenvalue weighted by atomic mass is 32.2. The smallest absolute Gasteiger partial charge is 0.171 e. The zero-order valence-corrected chi connectivity index (χ0v) is 12.5. The number of hydrogen-bond acceptors (Lipinski definition) is 5. The van der Waals surface area contributed by atoms with Crippen LogP contribution in [0.2, 0.25) is 0 Å². The average Bonchev–Trinajstić information content (AvgIpc) is 2.90. The standard InChI is InChI=1S/C15H15N3O2S/c1-19-9-3-6-12-13(7-9)18-15(17-12)21-10-4-5-11(16)14(8-10)20-2/h3-8H,16H2,1-2H3,(H,17,18). The highest BCUT2D eigenvalue weighted by Gasteiger charge is 2.08. The maximum Gasteiger partial charge on any atom is 0.171 e. The summed E-state index contributed by atoms with van der Waals surface area (Å²) in [5.41, 5.74) is 8.28. The number of anilines is 1. The molecular weight excluding hydrogens is 286 g/mol. The van der Waals surface area contributed by atoms with Crippen LogP contribution in [0.4, 0.5) is 5.69 Å². The quantitative estimate of drug-likeness (QED) is 0.723. The van der Waals surface area contributed by atoms with Gasteiger partial charge in [-0.15, -0.1) is 0 Å². The lowest BCUT2D eigenvalue weighted by atomic mass is 10.3. The van der Waals surface area contributed by atoms with E-state index in [-0.39, 0.29) is 0 Å². The Labute approximate surface area is 126 Å². The molecule has 3 N–H and O–H groups in total. The van der Waals surface area contributed by atoms with Crippen molar-refractivity contribution in [1.82, 2.24) is 9.97 Å². The number of ether oxygens (including phenoxy) is 2. The lowest BCUT2D eigenvalue weighted by Gasteiger charge is -2.05. The number of fused-ring (bicyclic) bond motifs is 1. The van der Waals surface area contributed by atoms with Crippen molar-refractivity contribution < 1.29 is 9.47 Å². The molecule has 5 nitrogen and oxygen atoms in total. The molecular formula is C15H15N3O2S. The van der Waals surface area contributed by atoms with E-state index in [1.165, 1.54) is 11.8 Å². The summed E-state index contributed by atoms with van der Waals surface area (Å²) < 4.78 is 10.4. The van der Waals surface area contributed by atoms with Crippen molar-refractivity contribution in [3.63, 3.8) is 0 Å². The molecule has 3 aromatic rings. The second-order valence-electron chi connectivity index (χ2n) is 4.43. The van der Waals surface area contributed by atoms with Gasteiger partial charge < -0.3 is 20.2 Å². The van der Waals surface area contributed by atoms with Crippen molar-refractivity contribution in [2.24, 2.45) is 0 Å². The highest BCUT2D eigenvalue weighted by Crippen LogP contribution is 2.32. The Morgan fingerprint density at radius 1 is 1.10 bits per heavy atom. The van der Waals surface area contributed by atoms with Crippen molar-refractivity contribution >= 4 is 28.5 Å². The lowest BCUT2D eigenvalue weighted by molar-refractivity contribution is 0.415. The molecule has 1 heterocycles. The van der Waals surface area contributed by atoms with Crippen LogP contribution in [0.15, 0.2) is 46.5 Å². The van der Waals surface area contributed by atoms with Crippen molar-refractivity contribution in [2.45, 2.75) is 10.1 Å². The first-order valence-electron chi connectivity index (χ1n) is 6.34. The molecule has 0 aliphatic rings. The summed E-state index contributed by atoms with van der Waals surface area (Å²) >= 11 is 1.52. The van der Waals surface area contributed by atoms with E-state index in [9.17, 15) is 0 Å². The number of nitrogen functional groups attached to an aromatic ring is 1. The zero-order chi connectivity index (χ0) is 14.8. The Hall–Kier alpha value is -2.34. The summed E-state index contributed by atoms with van der Waals surface area (Å²) in [6.45, 7) is 0. The number of hydrogen-bond donors (Lipinski definition) is 2. The molecule has 0 unspecified atom stereocenters. The topological polar surface area (TPSA) is 73.2 Å². The van der Waals surface area contributed by atoms with Gasteiger partial charge in [0.15, 0.2) is 5.16 Å². The van der Waals surface area contributed by atoms with Gasteiger partial charge in [-0.1, -0.05) is 11.8 Å². The van der Waals surface area contributed by atoms with Gasteiger partial charge in [0, 0.05) is 11.0 Å². The van der Waals surface area contributed by atoms with E-state index in [0.717, 1.165) is 26.8 Å². The number of H-pyrrole nitrogens is 1. The minimum atomic E-state index is 0.621. The van der Waals surface area contributed by atoms with E-state index < -0.39 is 0 Å².